The predicted molar refractivity (Wildman–Crippen MR) is 103 cm³/mol. The summed E-state index contributed by atoms with van der Waals surface area (Å²) in [6.07, 6.45) is 7.75. The van der Waals surface area contributed by atoms with Crippen LogP contribution < -0.4 is 4.74 Å². The fourth-order valence-corrected chi connectivity index (χ4v) is 4.18. The van der Waals surface area contributed by atoms with Crippen molar-refractivity contribution in [2.75, 3.05) is 6.16 Å². The van der Waals surface area contributed by atoms with Crippen LogP contribution in [-0.4, -0.2) is 12.3 Å². The summed E-state index contributed by atoms with van der Waals surface area (Å²) in [5, 5.41) is 0. The molecule has 4 heteroatoms. The van der Waals surface area contributed by atoms with E-state index in [4.69, 9.17) is 9.26 Å². The molecule has 3 rings (SSSR count). The molecule has 0 saturated heterocycles. The third-order valence-corrected chi connectivity index (χ3v) is 5.78. The van der Waals surface area contributed by atoms with E-state index in [0.717, 1.165) is 36.1 Å². The van der Waals surface area contributed by atoms with Crippen molar-refractivity contribution in [3.63, 3.8) is 0 Å². The zero-order chi connectivity index (χ0) is 17.3. The molecule has 0 radical (unpaired) electrons. The molecule has 1 aliphatic carbocycles. The fraction of sp³-hybridized carbons (Fsp3) is 0.429. The molecule has 0 amide bonds. The maximum Gasteiger partial charge on any atom is 0.192 e. The van der Waals surface area contributed by atoms with Gasteiger partial charge in [0, 0.05) is 6.16 Å². The fourth-order valence-electron chi connectivity index (χ4n) is 3.23. The van der Waals surface area contributed by atoms with Gasteiger partial charge in [-0.3, -0.25) is 4.57 Å². The normalized spacial score (nSPS) is 16.5. The first-order valence-electron chi connectivity index (χ1n) is 9.25. The molecule has 0 aromatic heterocycles. The van der Waals surface area contributed by atoms with Crippen LogP contribution in [-0.2, 0) is 22.1 Å². The van der Waals surface area contributed by atoms with Crippen molar-refractivity contribution in [3.05, 3.63) is 65.7 Å². The lowest BCUT2D eigenvalue weighted by Gasteiger charge is -2.24. The zero-order valence-corrected chi connectivity index (χ0v) is 15.7. The van der Waals surface area contributed by atoms with Gasteiger partial charge in [-0.05, 0) is 49.3 Å². The molecule has 0 aliphatic heterocycles. The molecule has 1 aliphatic rings. The number of aryl methyl sites for hydroxylation is 1. The van der Waals surface area contributed by atoms with Gasteiger partial charge in [0.05, 0.1) is 12.7 Å². The molecule has 1 fully saturated rings. The first kappa shape index (κ1) is 18.2. The topological polar surface area (TPSA) is 35.5 Å². The van der Waals surface area contributed by atoms with E-state index in [9.17, 15) is 4.57 Å². The van der Waals surface area contributed by atoms with Gasteiger partial charge in [-0.1, -0.05) is 55.0 Å². The van der Waals surface area contributed by atoms with Gasteiger partial charge < -0.3 is 9.26 Å². The minimum atomic E-state index is -2.04. The summed E-state index contributed by atoms with van der Waals surface area (Å²) in [5.74, 6) is 0.951. The maximum atomic E-state index is 12.2. The molecule has 0 heterocycles. The second kappa shape index (κ2) is 9.79. The SMILES string of the molecule is O=[PH](CCc1ccccc1OC1CCCCC1)OCc1ccccc1. The Morgan fingerprint density at radius 3 is 2.44 bits per heavy atom. The summed E-state index contributed by atoms with van der Waals surface area (Å²) in [5.41, 5.74) is 2.19. The Kier molecular flexibility index (Phi) is 7.14. The second-order valence-electron chi connectivity index (χ2n) is 6.63. The highest BCUT2D eigenvalue weighted by Gasteiger charge is 2.16. The van der Waals surface area contributed by atoms with Crippen molar-refractivity contribution >= 4 is 8.03 Å². The van der Waals surface area contributed by atoms with Gasteiger partial charge in [-0.2, -0.15) is 0 Å². The highest BCUT2D eigenvalue weighted by atomic mass is 31.1. The average Bonchev–Trinajstić information content (AvgIpc) is 2.67. The number of hydrogen-bond donors (Lipinski definition) is 0. The van der Waals surface area contributed by atoms with Crippen molar-refractivity contribution in [1.29, 1.82) is 0 Å². The molecule has 0 N–H and O–H groups in total. The highest BCUT2D eigenvalue weighted by Crippen LogP contribution is 2.30. The van der Waals surface area contributed by atoms with Crippen LogP contribution in [0.2, 0.25) is 0 Å². The van der Waals surface area contributed by atoms with E-state index in [1.54, 1.807) is 0 Å². The number of ether oxygens (including phenoxy) is 1. The predicted octanol–water partition coefficient (Wildman–Crippen LogP) is 5.63. The van der Waals surface area contributed by atoms with Crippen LogP contribution in [0.4, 0.5) is 0 Å². The summed E-state index contributed by atoms with van der Waals surface area (Å²) in [4.78, 5) is 0. The van der Waals surface area contributed by atoms with Gasteiger partial charge in [0.1, 0.15) is 5.75 Å². The first-order valence-corrected chi connectivity index (χ1v) is 10.8. The summed E-state index contributed by atoms with van der Waals surface area (Å²) >= 11 is 0. The molecule has 0 bridgehead atoms. The van der Waals surface area contributed by atoms with E-state index in [1.165, 1.54) is 19.3 Å². The lowest BCUT2D eigenvalue weighted by atomic mass is 9.97. The van der Waals surface area contributed by atoms with Gasteiger partial charge in [0.25, 0.3) is 0 Å². The number of hydrogen-bond acceptors (Lipinski definition) is 3. The summed E-state index contributed by atoms with van der Waals surface area (Å²) in [6.45, 7) is 0.416. The van der Waals surface area contributed by atoms with Crippen LogP contribution in [0.3, 0.4) is 0 Å². The Labute approximate surface area is 151 Å². The Morgan fingerprint density at radius 2 is 1.64 bits per heavy atom. The summed E-state index contributed by atoms with van der Waals surface area (Å²) in [7, 11) is -2.04. The zero-order valence-electron chi connectivity index (χ0n) is 14.7. The smallest absolute Gasteiger partial charge is 0.192 e. The highest BCUT2D eigenvalue weighted by molar-refractivity contribution is 7.39. The molecule has 134 valence electrons. The Balaban J connectivity index is 1.49. The van der Waals surface area contributed by atoms with Crippen LogP contribution in [0.15, 0.2) is 54.6 Å². The molecule has 1 saturated carbocycles. The van der Waals surface area contributed by atoms with E-state index in [1.807, 2.05) is 48.5 Å². The lowest BCUT2D eigenvalue weighted by Crippen LogP contribution is -2.20. The molecule has 1 unspecified atom stereocenters. The Bertz CT molecular complexity index is 666. The van der Waals surface area contributed by atoms with Gasteiger partial charge in [-0.25, -0.2) is 0 Å². The molecule has 3 nitrogen and oxygen atoms in total. The standard InChI is InChI=1S/C21H27O3P/c22-25(23-17-18-9-3-1-4-10-18)16-15-19-11-7-8-14-21(19)24-20-12-5-2-6-13-20/h1,3-4,7-11,14,20,25H,2,5-6,12-13,15-17H2. The van der Waals surface area contributed by atoms with Crippen molar-refractivity contribution < 1.29 is 13.8 Å². The van der Waals surface area contributed by atoms with E-state index < -0.39 is 8.03 Å². The van der Waals surface area contributed by atoms with E-state index >= 15 is 0 Å². The minimum Gasteiger partial charge on any atom is -0.490 e. The maximum absolute atomic E-state index is 12.2. The number of rotatable bonds is 8. The molecule has 1 atom stereocenters. The van der Waals surface area contributed by atoms with Crippen molar-refractivity contribution in [1.82, 2.24) is 0 Å². The van der Waals surface area contributed by atoms with E-state index in [-0.39, 0.29) is 0 Å². The Hall–Kier alpha value is -1.57. The summed E-state index contributed by atoms with van der Waals surface area (Å²) in [6, 6.07) is 18.0. The van der Waals surface area contributed by atoms with Crippen LogP contribution in [0.1, 0.15) is 43.2 Å². The lowest BCUT2D eigenvalue weighted by molar-refractivity contribution is 0.153. The second-order valence-corrected chi connectivity index (χ2v) is 8.16. The molecule has 25 heavy (non-hydrogen) atoms. The minimum absolute atomic E-state index is 0.334. The molecule has 2 aromatic rings. The van der Waals surface area contributed by atoms with Gasteiger partial charge in [0.15, 0.2) is 8.03 Å². The van der Waals surface area contributed by atoms with Gasteiger partial charge in [-0.15, -0.1) is 0 Å². The van der Waals surface area contributed by atoms with Gasteiger partial charge in [0.2, 0.25) is 0 Å². The van der Waals surface area contributed by atoms with Crippen LogP contribution in [0, 0.1) is 0 Å². The molecule has 0 spiro atoms. The van der Waals surface area contributed by atoms with E-state index in [2.05, 4.69) is 6.07 Å². The first-order chi connectivity index (χ1) is 12.3. The number of para-hydroxylation sites is 1. The third kappa shape index (κ3) is 6.02. The van der Waals surface area contributed by atoms with Crippen molar-refractivity contribution in [3.8, 4) is 5.75 Å². The van der Waals surface area contributed by atoms with Gasteiger partial charge >= 0.3 is 0 Å². The average molecular weight is 358 g/mol. The third-order valence-electron chi connectivity index (χ3n) is 4.66. The molecular weight excluding hydrogens is 331 g/mol. The van der Waals surface area contributed by atoms with Crippen molar-refractivity contribution in [2.45, 2.75) is 51.2 Å². The van der Waals surface area contributed by atoms with Crippen LogP contribution in [0.5, 0.6) is 5.75 Å². The van der Waals surface area contributed by atoms with E-state index in [0.29, 0.717) is 18.9 Å². The van der Waals surface area contributed by atoms with Crippen molar-refractivity contribution in [2.24, 2.45) is 0 Å². The Morgan fingerprint density at radius 1 is 0.920 bits per heavy atom. The molecular formula is C21H27O3P. The summed E-state index contributed by atoms with van der Waals surface area (Å²) < 4.78 is 24.0. The monoisotopic (exact) mass is 358 g/mol. The quantitative estimate of drug-likeness (QED) is 0.574. The molecule has 2 aromatic carbocycles. The van der Waals surface area contributed by atoms with Crippen LogP contribution >= 0.6 is 8.03 Å². The largest absolute Gasteiger partial charge is 0.490 e. The van der Waals surface area contributed by atoms with Crippen LogP contribution in [0.25, 0.3) is 0 Å². The number of benzene rings is 2.